The third-order valence-corrected chi connectivity index (χ3v) is 6.74. The number of benzene rings is 2. The molecule has 2 N–H and O–H groups in total. The number of anilines is 1. The molecule has 0 radical (unpaired) electrons. The number of halogens is 3. The first kappa shape index (κ1) is 26.7. The molecule has 0 aliphatic carbocycles. The molecule has 1 atom stereocenters. The van der Waals surface area contributed by atoms with E-state index in [0.29, 0.717) is 6.07 Å². The molecule has 0 fully saturated rings. The van der Waals surface area contributed by atoms with Gasteiger partial charge in [0.25, 0.3) is 0 Å². The topological polar surface area (TPSA) is 139 Å². The van der Waals surface area contributed by atoms with Crippen LogP contribution in [0.1, 0.15) is 29.7 Å². The standard InChI is InChI=1S/C23H20F3N3O6S/c1-13-19(21(31)32)20(17-7-6-14(12-27)10-18(17)36(2,34)35)28(8-9-30)22(33)29(13)16-5-3-4-15(11-16)23(24,25)26/h3-7,10-11,20,30H,8-9H2,1-2H3,(H,31,32)/t20-/m1/s1. The van der Waals surface area contributed by atoms with Crippen molar-refractivity contribution < 1.29 is 41.4 Å². The molecule has 3 rings (SSSR count). The number of alkyl halides is 3. The molecule has 0 saturated heterocycles. The normalized spacial score (nSPS) is 16.8. The number of carboxylic acids is 1. The van der Waals surface area contributed by atoms with Crippen molar-refractivity contribution in [2.45, 2.75) is 24.0 Å². The minimum atomic E-state index is -4.73. The molecule has 1 aliphatic rings. The SMILES string of the molecule is CC1=C(C(=O)O)[C@@H](c2ccc(C#N)cc2S(C)(=O)=O)N(CCO)C(=O)N1c1cccc(C(F)(F)F)c1. The second-order valence-corrected chi connectivity index (χ2v) is 9.91. The lowest BCUT2D eigenvalue weighted by Crippen LogP contribution is -2.52. The molecule has 0 unspecified atom stereocenters. The van der Waals surface area contributed by atoms with Crippen molar-refractivity contribution in [3.05, 3.63) is 70.4 Å². The summed E-state index contributed by atoms with van der Waals surface area (Å²) in [4.78, 5) is 27.2. The molecule has 2 amide bonds. The highest BCUT2D eigenvalue weighted by Crippen LogP contribution is 2.42. The van der Waals surface area contributed by atoms with Gasteiger partial charge in [-0.3, -0.25) is 4.90 Å². The highest BCUT2D eigenvalue weighted by Gasteiger charge is 2.44. The van der Waals surface area contributed by atoms with E-state index >= 15 is 0 Å². The van der Waals surface area contributed by atoms with E-state index in [0.717, 1.165) is 34.3 Å². The zero-order valence-electron chi connectivity index (χ0n) is 18.9. The van der Waals surface area contributed by atoms with E-state index in [1.54, 1.807) is 6.07 Å². The number of amides is 2. The molecule has 36 heavy (non-hydrogen) atoms. The van der Waals surface area contributed by atoms with E-state index in [2.05, 4.69) is 0 Å². The Bertz CT molecular complexity index is 1410. The number of allylic oxidation sites excluding steroid dienone is 1. The molecule has 13 heteroatoms. The number of nitriles is 1. The number of β-amino-alcohol motifs (C(OH)–C–C–N with tert-alkyl or cyclic N) is 1. The first-order chi connectivity index (χ1) is 16.7. The van der Waals surface area contributed by atoms with Crippen LogP contribution in [0, 0.1) is 11.3 Å². The van der Waals surface area contributed by atoms with Crippen molar-refractivity contribution in [3.8, 4) is 6.07 Å². The lowest BCUT2D eigenvalue weighted by molar-refractivity contribution is -0.137. The van der Waals surface area contributed by atoms with Crippen molar-refractivity contribution in [3.63, 3.8) is 0 Å². The lowest BCUT2D eigenvalue weighted by Gasteiger charge is -2.42. The van der Waals surface area contributed by atoms with Crippen LogP contribution in [0.5, 0.6) is 0 Å². The van der Waals surface area contributed by atoms with Crippen LogP contribution in [0.2, 0.25) is 0 Å². The van der Waals surface area contributed by atoms with Crippen LogP contribution >= 0.6 is 0 Å². The minimum Gasteiger partial charge on any atom is -0.478 e. The Morgan fingerprint density at radius 2 is 1.86 bits per heavy atom. The molecule has 0 aromatic heterocycles. The first-order valence-electron chi connectivity index (χ1n) is 10.3. The zero-order valence-corrected chi connectivity index (χ0v) is 19.8. The van der Waals surface area contributed by atoms with Crippen LogP contribution < -0.4 is 4.90 Å². The number of hydrogen-bond acceptors (Lipinski definition) is 6. The Morgan fingerprint density at radius 3 is 2.39 bits per heavy atom. The third-order valence-electron chi connectivity index (χ3n) is 5.59. The van der Waals surface area contributed by atoms with Gasteiger partial charge in [-0.05, 0) is 42.8 Å². The van der Waals surface area contributed by atoms with Crippen LogP contribution in [-0.2, 0) is 20.8 Å². The number of carbonyl (C=O) groups excluding carboxylic acids is 1. The van der Waals surface area contributed by atoms with Gasteiger partial charge in [0, 0.05) is 18.5 Å². The van der Waals surface area contributed by atoms with Gasteiger partial charge in [-0.2, -0.15) is 18.4 Å². The molecule has 2 aromatic carbocycles. The van der Waals surface area contributed by atoms with Gasteiger partial charge in [-0.25, -0.2) is 18.0 Å². The Hall–Kier alpha value is -3.89. The number of aliphatic hydroxyl groups is 1. The number of rotatable bonds is 6. The number of aliphatic hydroxyl groups excluding tert-OH is 1. The zero-order chi connectivity index (χ0) is 27.0. The van der Waals surface area contributed by atoms with E-state index in [1.807, 2.05) is 0 Å². The smallest absolute Gasteiger partial charge is 0.416 e. The first-order valence-corrected chi connectivity index (χ1v) is 12.2. The minimum absolute atomic E-state index is 0.0295. The molecule has 0 bridgehead atoms. The lowest BCUT2D eigenvalue weighted by atomic mass is 9.92. The van der Waals surface area contributed by atoms with Crippen molar-refractivity contribution in [2.24, 2.45) is 0 Å². The molecule has 0 saturated carbocycles. The summed E-state index contributed by atoms with van der Waals surface area (Å²) >= 11 is 0. The Kier molecular flexibility index (Phi) is 7.15. The average Bonchev–Trinajstić information content (AvgIpc) is 2.79. The molecule has 1 aliphatic heterocycles. The number of urea groups is 1. The van der Waals surface area contributed by atoms with Crippen molar-refractivity contribution in [1.82, 2.24) is 4.90 Å². The fraction of sp³-hybridized carbons (Fsp3) is 0.261. The molecule has 1 heterocycles. The van der Waals surface area contributed by atoms with Gasteiger partial charge in [0.15, 0.2) is 9.84 Å². The summed E-state index contributed by atoms with van der Waals surface area (Å²) in [5.41, 5.74) is -2.24. The Labute approximate surface area is 204 Å². The van der Waals surface area contributed by atoms with Gasteiger partial charge in [-0.15, -0.1) is 0 Å². The number of carboxylic acid groups (broad SMARTS) is 1. The predicted molar refractivity (Wildman–Crippen MR) is 120 cm³/mol. The summed E-state index contributed by atoms with van der Waals surface area (Å²) in [5.74, 6) is -1.56. The van der Waals surface area contributed by atoms with Crippen LogP contribution in [-0.4, -0.2) is 54.9 Å². The van der Waals surface area contributed by atoms with E-state index in [1.165, 1.54) is 25.1 Å². The highest BCUT2D eigenvalue weighted by atomic mass is 32.2. The molecule has 9 nitrogen and oxygen atoms in total. The highest BCUT2D eigenvalue weighted by molar-refractivity contribution is 7.90. The number of sulfone groups is 1. The largest absolute Gasteiger partial charge is 0.478 e. The van der Waals surface area contributed by atoms with Crippen LogP contribution in [0.4, 0.5) is 23.7 Å². The number of aliphatic carboxylic acids is 1. The van der Waals surface area contributed by atoms with Gasteiger partial charge in [-0.1, -0.05) is 12.1 Å². The van der Waals surface area contributed by atoms with Crippen molar-refractivity contribution in [1.29, 1.82) is 5.26 Å². The summed E-state index contributed by atoms with van der Waals surface area (Å²) in [6, 6.07) is 6.51. The van der Waals surface area contributed by atoms with Crippen LogP contribution in [0.15, 0.2) is 58.6 Å². The number of carbonyl (C=O) groups is 2. The Morgan fingerprint density at radius 1 is 1.19 bits per heavy atom. The summed E-state index contributed by atoms with van der Waals surface area (Å²) in [5, 5.41) is 28.9. The third kappa shape index (κ3) is 4.91. The summed E-state index contributed by atoms with van der Waals surface area (Å²) in [6.07, 6.45) is -3.89. The van der Waals surface area contributed by atoms with Gasteiger partial charge >= 0.3 is 18.2 Å². The van der Waals surface area contributed by atoms with Gasteiger partial charge in [0.1, 0.15) is 0 Å². The van der Waals surface area contributed by atoms with E-state index in [-0.39, 0.29) is 22.5 Å². The maximum atomic E-state index is 13.6. The van der Waals surface area contributed by atoms with Crippen molar-refractivity contribution >= 4 is 27.5 Å². The Balaban J connectivity index is 2.36. The monoisotopic (exact) mass is 523 g/mol. The maximum absolute atomic E-state index is 13.6. The van der Waals surface area contributed by atoms with Crippen molar-refractivity contribution in [2.75, 3.05) is 24.3 Å². The van der Waals surface area contributed by atoms with E-state index in [4.69, 9.17) is 0 Å². The van der Waals surface area contributed by atoms with E-state index < -0.39 is 63.2 Å². The maximum Gasteiger partial charge on any atom is 0.416 e. The quantitative estimate of drug-likeness (QED) is 0.592. The van der Waals surface area contributed by atoms with Crippen LogP contribution in [0.3, 0.4) is 0 Å². The second-order valence-electron chi connectivity index (χ2n) is 7.93. The second kappa shape index (κ2) is 9.63. The summed E-state index contributed by atoms with van der Waals surface area (Å²) < 4.78 is 65.0. The number of nitrogens with zero attached hydrogens (tertiary/aromatic N) is 3. The van der Waals surface area contributed by atoms with E-state index in [9.17, 15) is 46.7 Å². The fourth-order valence-electron chi connectivity index (χ4n) is 4.06. The number of hydrogen-bond donors (Lipinski definition) is 2. The molecule has 0 spiro atoms. The molecular weight excluding hydrogens is 503 g/mol. The van der Waals surface area contributed by atoms with Gasteiger partial charge < -0.3 is 15.1 Å². The average molecular weight is 523 g/mol. The van der Waals surface area contributed by atoms with Crippen LogP contribution in [0.25, 0.3) is 0 Å². The fourth-order valence-corrected chi connectivity index (χ4v) is 5.01. The molecule has 190 valence electrons. The summed E-state index contributed by atoms with van der Waals surface area (Å²) in [6.45, 7) is 0.0933. The molecule has 2 aromatic rings. The molecular formula is C23H20F3N3O6S. The van der Waals surface area contributed by atoms with Gasteiger partial charge in [0.05, 0.1) is 46.0 Å². The predicted octanol–water partition coefficient (Wildman–Crippen LogP) is 3.31. The van der Waals surface area contributed by atoms with Gasteiger partial charge in [0.2, 0.25) is 0 Å². The summed E-state index contributed by atoms with van der Waals surface area (Å²) in [7, 11) is -4.03.